The van der Waals surface area contributed by atoms with E-state index in [9.17, 15) is 4.79 Å². The molecule has 0 aromatic carbocycles. The summed E-state index contributed by atoms with van der Waals surface area (Å²) in [7, 11) is 1.54. The molecule has 134 valence electrons. The van der Waals surface area contributed by atoms with E-state index in [4.69, 9.17) is 9.47 Å². The third-order valence-corrected chi connectivity index (χ3v) is 2.79. The quantitative estimate of drug-likeness (QED) is 0.845. The van der Waals surface area contributed by atoms with Gasteiger partial charge in [0.2, 0.25) is 5.88 Å². The lowest BCUT2D eigenvalue weighted by atomic mass is 10.1. The van der Waals surface area contributed by atoms with Crippen LogP contribution in [0.25, 0.3) is 0 Å². The zero-order chi connectivity index (χ0) is 18.6. The zero-order valence-corrected chi connectivity index (χ0v) is 15.9. The molecule has 0 aliphatic carbocycles. The number of ether oxygens (including phenoxy) is 2. The van der Waals surface area contributed by atoms with Crippen LogP contribution in [0, 0.1) is 17.8 Å². The number of aromatic nitrogens is 1. The molecule has 0 bridgehead atoms. The minimum absolute atomic E-state index is 0.387. The smallest absolute Gasteiger partial charge is 0.407 e. The number of pyridine rings is 1. The van der Waals surface area contributed by atoms with Crippen molar-refractivity contribution in [3.63, 3.8) is 0 Å². The maximum atomic E-state index is 10.5. The first-order valence-electron chi connectivity index (χ1n) is 8.15. The van der Waals surface area contributed by atoms with Crippen molar-refractivity contribution in [1.29, 1.82) is 0 Å². The molecule has 1 aromatic heterocycles. The van der Waals surface area contributed by atoms with Gasteiger partial charge in [-0.2, -0.15) is 0 Å². The highest BCUT2D eigenvalue weighted by Gasteiger charge is 2.13. The summed E-state index contributed by atoms with van der Waals surface area (Å²) in [5.41, 5.74) is 0.374. The average molecular weight is 334 g/mol. The van der Waals surface area contributed by atoms with Crippen molar-refractivity contribution in [2.45, 2.75) is 53.6 Å². The second-order valence-corrected chi connectivity index (χ2v) is 6.31. The van der Waals surface area contributed by atoms with Crippen LogP contribution in [0.15, 0.2) is 18.2 Å². The van der Waals surface area contributed by atoms with Gasteiger partial charge < -0.3 is 14.8 Å². The maximum absolute atomic E-state index is 10.5. The lowest BCUT2D eigenvalue weighted by molar-refractivity contribution is 0.0541. The van der Waals surface area contributed by atoms with E-state index in [0.717, 1.165) is 12.1 Å². The van der Waals surface area contributed by atoms with Gasteiger partial charge in [-0.3, -0.25) is 0 Å². The number of rotatable bonds is 4. The second-order valence-electron chi connectivity index (χ2n) is 6.31. The van der Waals surface area contributed by atoms with Crippen LogP contribution in [0.2, 0.25) is 0 Å². The summed E-state index contributed by atoms with van der Waals surface area (Å²) in [4.78, 5) is 14.8. The Morgan fingerprint density at radius 2 is 2.04 bits per heavy atom. The Balaban J connectivity index is 0.000000506. The number of hydrogen-bond donors (Lipinski definition) is 1. The highest BCUT2D eigenvalue weighted by atomic mass is 16.6. The van der Waals surface area contributed by atoms with Crippen LogP contribution in [-0.4, -0.2) is 30.3 Å². The first-order valence-corrected chi connectivity index (χ1v) is 8.15. The molecule has 1 unspecified atom stereocenters. The van der Waals surface area contributed by atoms with E-state index >= 15 is 0 Å². The number of nitrogens with zero attached hydrogens (tertiary/aromatic N) is 1. The Labute approximate surface area is 146 Å². The molecule has 0 spiro atoms. The van der Waals surface area contributed by atoms with E-state index in [1.54, 1.807) is 6.92 Å². The van der Waals surface area contributed by atoms with Crippen LogP contribution < -0.4 is 10.1 Å². The first-order chi connectivity index (χ1) is 11.2. The lowest BCUT2D eigenvalue weighted by Crippen LogP contribution is -2.30. The van der Waals surface area contributed by atoms with Crippen LogP contribution >= 0.6 is 0 Å². The third-order valence-electron chi connectivity index (χ3n) is 2.79. The molecule has 5 nitrogen and oxygen atoms in total. The van der Waals surface area contributed by atoms with E-state index in [1.165, 1.54) is 7.05 Å². The lowest BCUT2D eigenvalue weighted by Gasteiger charge is -2.18. The topological polar surface area (TPSA) is 60.5 Å². The molecule has 1 heterocycles. The normalized spacial score (nSPS) is 11.1. The highest BCUT2D eigenvalue weighted by molar-refractivity contribution is 5.67. The number of hydrogen-bond acceptors (Lipinski definition) is 4. The molecule has 0 fully saturated rings. The van der Waals surface area contributed by atoms with Crippen molar-refractivity contribution < 1.29 is 14.3 Å². The van der Waals surface area contributed by atoms with Gasteiger partial charge in [0.25, 0.3) is 0 Å². The molecule has 1 rings (SSSR count). The van der Waals surface area contributed by atoms with Gasteiger partial charge in [-0.25, -0.2) is 9.78 Å². The van der Waals surface area contributed by atoms with Crippen LogP contribution in [0.1, 0.15) is 53.7 Å². The third kappa shape index (κ3) is 11.4. The van der Waals surface area contributed by atoms with Gasteiger partial charge in [0, 0.05) is 13.1 Å². The number of nitrogens with one attached hydrogen (secondary N) is 1. The Morgan fingerprint density at radius 1 is 1.38 bits per heavy atom. The van der Waals surface area contributed by atoms with Crippen LogP contribution in [-0.2, 0) is 4.74 Å². The average Bonchev–Trinajstić information content (AvgIpc) is 2.52. The largest absolute Gasteiger partial charge is 0.477 e. The summed E-state index contributed by atoms with van der Waals surface area (Å²) in [6, 6.07) is 5.66. The molecular weight excluding hydrogens is 304 g/mol. The molecule has 1 amide bonds. The van der Waals surface area contributed by atoms with Crippen molar-refractivity contribution in [2.75, 3.05) is 13.7 Å². The Hall–Kier alpha value is -2.22. The number of alkyl carbamates (subject to hydrolysis) is 1. The van der Waals surface area contributed by atoms with Gasteiger partial charge in [-0.05, 0) is 45.6 Å². The number of amides is 1. The summed E-state index contributed by atoms with van der Waals surface area (Å²) < 4.78 is 10.4. The van der Waals surface area contributed by atoms with Crippen molar-refractivity contribution in [3.8, 4) is 17.7 Å². The zero-order valence-electron chi connectivity index (χ0n) is 15.9. The summed E-state index contributed by atoms with van der Waals surface area (Å²) in [6.45, 7) is 12.3. The number of carbonyl (C=O) groups is 1. The summed E-state index contributed by atoms with van der Waals surface area (Å²) in [5, 5.41) is 2.36. The van der Waals surface area contributed by atoms with Gasteiger partial charge >= 0.3 is 6.09 Å². The SMILES string of the molecule is CC#Cc1cccc(OCC(C)CC)n1.CNC(=O)OC(C)(C)C. The predicted octanol–water partition coefficient (Wildman–Crippen LogP) is 4.02. The summed E-state index contributed by atoms with van der Waals surface area (Å²) in [6.07, 6.45) is 0.733. The van der Waals surface area contributed by atoms with Gasteiger partial charge in [-0.1, -0.05) is 32.3 Å². The van der Waals surface area contributed by atoms with Gasteiger partial charge in [-0.15, -0.1) is 0 Å². The van der Waals surface area contributed by atoms with Crippen LogP contribution in [0.3, 0.4) is 0 Å². The minimum Gasteiger partial charge on any atom is -0.477 e. The Morgan fingerprint density at radius 3 is 2.50 bits per heavy atom. The van der Waals surface area contributed by atoms with Crippen LogP contribution in [0.4, 0.5) is 4.79 Å². The summed E-state index contributed by atoms with van der Waals surface area (Å²) >= 11 is 0. The predicted molar refractivity (Wildman–Crippen MR) is 97.0 cm³/mol. The van der Waals surface area contributed by atoms with Gasteiger partial charge in [0.1, 0.15) is 11.3 Å². The fraction of sp³-hybridized carbons (Fsp3) is 0.579. The first kappa shape index (κ1) is 21.8. The molecule has 24 heavy (non-hydrogen) atoms. The highest BCUT2D eigenvalue weighted by Crippen LogP contribution is 2.09. The minimum atomic E-state index is -0.389. The molecule has 0 saturated heterocycles. The second kappa shape index (κ2) is 11.3. The molecule has 1 atom stereocenters. The van der Waals surface area contributed by atoms with E-state index in [-0.39, 0.29) is 11.7 Å². The standard InChI is InChI=1S/C13H17NO.C6H13NO2/c1-4-7-12-8-6-9-13(14-12)15-10-11(3)5-2;1-6(2,3)9-5(8)7-4/h6,8-9,11H,5,10H2,1-3H3;1-4H3,(H,7,8). The molecular formula is C19H30N2O3. The molecule has 0 aliphatic rings. The van der Waals surface area contributed by atoms with Crippen molar-refractivity contribution in [1.82, 2.24) is 10.3 Å². The Kier molecular flexibility index (Phi) is 10.3. The van der Waals surface area contributed by atoms with Gasteiger partial charge in [0.05, 0.1) is 6.61 Å². The maximum Gasteiger partial charge on any atom is 0.407 e. The Bertz CT molecular complexity index is 554. The van der Waals surface area contributed by atoms with E-state index < -0.39 is 0 Å². The fourth-order valence-corrected chi connectivity index (χ4v) is 1.37. The monoisotopic (exact) mass is 334 g/mol. The van der Waals surface area contributed by atoms with Crippen LogP contribution in [0.5, 0.6) is 5.88 Å². The van der Waals surface area contributed by atoms with E-state index in [0.29, 0.717) is 18.4 Å². The summed E-state index contributed by atoms with van der Waals surface area (Å²) in [5.74, 6) is 6.95. The molecule has 0 aliphatic heterocycles. The van der Waals surface area contributed by atoms with Gasteiger partial charge in [0.15, 0.2) is 0 Å². The number of carbonyl (C=O) groups excluding carboxylic acids is 1. The molecule has 5 heteroatoms. The molecule has 1 N–H and O–H groups in total. The van der Waals surface area contributed by atoms with Crippen molar-refractivity contribution in [3.05, 3.63) is 23.9 Å². The van der Waals surface area contributed by atoms with E-state index in [1.807, 2.05) is 39.0 Å². The molecule has 0 radical (unpaired) electrons. The molecule has 1 aromatic rings. The molecule has 0 saturated carbocycles. The van der Waals surface area contributed by atoms with Crippen molar-refractivity contribution >= 4 is 6.09 Å². The fourth-order valence-electron chi connectivity index (χ4n) is 1.37. The van der Waals surface area contributed by atoms with E-state index in [2.05, 4.69) is 36.0 Å². The van der Waals surface area contributed by atoms with Crippen molar-refractivity contribution in [2.24, 2.45) is 5.92 Å².